The van der Waals surface area contributed by atoms with Crippen molar-refractivity contribution in [1.29, 1.82) is 0 Å². The Balaban J connectivity index is 1.79. The van der Waals surface area contributed by atoms with Gasteiger partial charge in [-0.1, -0.05) is 6.07 Å². The summed E-state index contributed by atoms with van der Waals surface area (Å²) in [5.74, 6) is -0.454. The second-order valence-electron chi connectivity index (χ2n) is 5.78. The number of nitrogens with one attached hydrogen (secondary N) is 1. The molecule has 0 amide bonds. The van der Waals surface area contributed by atoms with Gasteiger partial charge in [0.2, 0.25) is 10.0 Å². The van der Waals surface area contributed by atoms with Crippen molar-refractivity contribution < 1.29 is 18.3 Å². The molecule has 1 aliphatic rings. The van der Waals surface area contributed by atoms with Crippen LogP contribution < -0.4 is 4.72 Å². The Morgan fingerprint density at radius 3 is 2.92 bits per heavy atom. The lowest BCUT2D eigenvalue weighted by molar-refractivity contribution is 0.0696. The smallest absolute Gasteiger partial charge is 0.335 e. The number of nitrogens with zero attached hydrogens (tertiary/aromatic N) is 2. The summed E-state index contributed by atoms with van der Waals surface area (Å²) in [7, 11) is -3.78. The van der Waals surface area contributed by atoms with Crippen molar-refractivity contribution in [3.05, 3.63) is 53.1 Å². The molecule has 0 saturated heterocycles. The normalized spacial score (nSPS) is 17.3. The first-order chi connectivity index (χ1) is 11.3. The van der Waals surface area contributed by atoms with E-state index in [0.29, 0.717) is 25.1 Å². The number of carbonyl (C=O) groups is 1. The summed E-state index contributed by atoms with van der Waals surface area (Å²) in [6, 6.07) is 5.07. The van der Waals surface area contributed by atoms with Gasteiger partial charge in [0.05, 0.1) is 10.5 Å². The number of carboxylic acid groups (broad SMARTS) is 1. The standard InChI is InChI=1S/C16H17N3O4S/c1-10-17-9-12-7-13(5-6-15(12)18-10)19-24(22,23)14-4-2-3-11(8-14)16(20)21/h2-4,8-9,13,19H,5-7H2,1H3,(H,20,21). The fourth-order valence-corrected chi connectivity index (χ4v) is 4.11. The Bertz CT molecular complexity index is 896. The molecule has 7 nitrogen and oxygen atoms in total. The molecule has 8 heteroatoms. The number of benzene rings is 1. The second kappa shape index (κ2) is 6.29. The van der Waals surface area contributed by atoms with E-state index in [0.717, 1.165) is 17.3 Å². The summed E-state index contributed by atoms with van der Waals surface area (Å²) < 4.78 is 27.7. The molecule has 0 bridgehead atoms. The Morgan fingerprint density at radius 2 is 2.17 bits per heavy atom. The maximum Gasteiger partial charge on any atom is 0.335 e. The summed E-state index contributed by atoms with van der Waals surface area (Å²) in [6.07, 6.45) is 3.58. The molecule has 126 valence electrons. The lowest BCUT2D eigenvalue weighted by Crippen LogP contribution is -2.39. The van der Waals surface area contributed by atoms with Crippen LogP contribution in [0.2, 0.25) is 0 Å². The van der Waals surface area contributed by atoms with Crippen LogP contribution in [0, 0.1) is 6.92 Å². The number of hydrogen-bond donors (Lipinski definition) is 2. The number of carboxylic acids is 1. The van der Waals surface area contributed by atoms with E-state index in [9.17, 15) is 13.2 Å². The average molecular weight is 347 g/mol. The molecule has 0 saturated carbocycles. The van der Waals surface area contributed by atoms with Gasteiger partial charge in [0.15, 0.2) is 0 Å². The van der Waals surface area contributed by atoms with Crippen LogP contribution in [0.5, 0.6) is 0 Å². The van der Waals surface area contributed by atoms with Crippen molar-refractivity contribution >= 4 is 16.0 Å². The predicted octanol–water partition coefficient (Wildman–Crippen LogP) is 1.32. The van der Waals surface area contributed by atoms with E-state index in [2.05, 4.69) is 14.7 Å². The molecule has 3 rings (SSSR count). The Hall–Kier alpha value is -2.32. The molecule has 0 aliphatic heterocycles. The Kier molecular flexibility index (Phi) is 4.33. The molecule has 1 heterocycles. The third-order valence-corrected chi connectivity index (χ3v) is 5.50. The Morgan fingerprint density at radius 1 is 1.38 bits per heavy atom. The number of aryl methyl sites for hydroxylation is 2. The highest BCUT2D eigenvalue weighted by Crippen LogP contribution is 2.21. The van der Waals surface area contributed by atoms with Crippen LogP contribution in [0.15, 0.2) is 35.4 Å². The van der Waals surface area contributed by atoms with Crippen LogP contribution in [0.3, 0.4) is 0 Å². The highest BCUT2D eigenvalue weighted by molar-refractivity contribution is 7.89. The number of hydrogen-bond acceptors (Lipinski definition) is 5. The predicted molar refractivity (Wildman–Crippen MR) is 86.3 cm³/mol. The lowest BCUT2D eigenvalue weighted by Gasteiger charge is -2.24. The van der Waals surface area contributed by atoms with Gasteiger partial charge in [-0.15, -0.1) is 0 Å². The van der Waals surface area contributed by atoms with E-state index in [1.165, 1.54) is 18.2 Å². The van der Waals surface area contributed by atoms with Crippen molar-refractivity contribution in [2.45, 2.75) is 37.1 Å². The molecular formula is C16H17N3O4S. The molecule has 1 aliphatic carbocycles. The van der Waals surface area contributed by atoms with E-state index < -0.39 is 16.0 Å². The van der Waals surface area contributed by atoms with Crippen molar-refractivity contribution in [2.24, 2.45) is 0 Å². The van der Waals surface area contributed by atoms with Crippen molar-refractivity contribution in [2.75, 3.05) is 0 Å². The fraction of sp³-hybridized carbons (Fsp3) is 0.312. The zero-order valence-corrected chi connectivity index (χ0v) is 13.9. The molecular weight excluding hydrogens is 330 g/mol. The van der Waals surface area contributed by atoms with Gasteiger partial charge in [-0.05, 0) is 49.9 Å². The van der Waals surface area contributed by atoms with E-state index in [1.807, 2.05) is 6.92 Å². The first-order valence-corrected chi connectivity index (χ1v) is 9.00. The van der Waals surface area contributed by atoms with Gasteiger partial charge in [-0.2, -0.15) is 0 Å². The Labute approximate surface area is 139 Å². The fourth-order valence-electron chi connectivity index (χ4n) is 2.79. The third kappa shape index (κ3) is 3.44. The minimum Gasteiger partial charge on any atom is -0.478 e. The second-order valence-corrected chi connectivity index (χ2v) is 7.50. The molecule has 1 aromatic heterocycles. The maximum absolute atomic E-state index is 12.5. The average Bonchev–Trinajstić information content (AvgIpc) is 2.55. The largest absolute Gasteiger partial charge is 0.478 e. The van der Waals surface area contributed by atoms with E-state index in [1.54, 1.807) is 6.20 Å². The molecule has 0 spiro atoms. The highest BCUT2D eigenvalue weighted by Gasteiger charge is 2.25. The molecule has 0 fully saturated rings. The number of sulfonamides is 1. The van der Waals surface area contributed by atoms with Crippen LogP contribution in [0.4, 0.5) is 0 Å². The van der Waals surface area contributed by atoms with Crippen LogP contribution in [-0.2, 0) is 22.9 Å². The van der Waals surface area contributed by atoms with Gasteiger partial charge in [0, 0.05) is 17.9 Å². The van der Waals surface area contributed by atoms with E-state index in [-0.39, 0.29) is 16.5 Å². The SMILES string of the molecule is Cc1ncc2c(n1)CCC(NS(=O)(=O)c1cccc(C(=O)O)c1)C2. The summed E-state index contributed by atoms with van der Waals surface area (Å²) in [5.41, 5.74) is 1.85. The first kappa shape index (κ1) is 16.5. The number of fused-ring (bicyclic) bond motifs is 1. The zero-order valence-electron chi connectivity index (χ0n) is 13.1. The molecule has 0 radical (unpaired) electrons. The molecule has 2 aromatic rings. The van der Waals surface area contributed by atoms with Gasteiger partial charge < -0.3 is 5.11 Å². The van der Waals surface area contributed by atoms with Crippen molar-refractivity contribution in [3.8, 4) is 0 Å². The van der Waals surface area contributed by atoms with Crippen molar-refractivity contribution in [3.63, 3.8) is 0 Å². The number of aromatic nitrogens is 2. The van der Waals surface area contributed by atoms with Gasteiger partial charge in [-0.3, -0.25) is 0 Å². The van der Waals surface area contributed by atoms with E-state index >= 15 is 0 Å². The summed E-state index contributed by atoms with van der Waals surface area (Å²) in [6.45, 7) is 1.82. The van der Waals surface area contributed by atoms with Gasteiger partial charge in [-0.25, -0.2) is 27.9 Å². The molecule has 1 aromatic carbocycles. The minimum atomic E-state index is -3.78. The first-order valence-electron chi connectivity index (χ1n) is 7.52. The van der Waals surface area contributed by atoms with Gasteiger partial charge >= 0.3 is 5.97 Å². The zero-order chi connectivity index (χ0) is 17.3. The van der Waals surface area contributed by atoms with Crippen LogP contribution in [0.25, 0.3) is 0 Å². The summed E-state index contributed by atoms with van der Waals surface area (Å²) >= 11 is 0. The monoisotopic (exact) mass is 347 g/mol. The van der Waals surface area contributed by atoms with Gasteiger partial charge in [0.1, 0.15) is 5.82 Å². The number of aromatic carboxylic acids is 1. The summed E-state index contributed by atoms with van der Waals surface area (Å²) in [4.78, 5) is 19.5. The molecule has 2 N–H and O–H groups in total. The van der Waals surface area contributed by atoms with E-state index in [4.69, 9.17) is 5.11 Å². The maximum atomic E-state index is 12.5. The number of rotatable bonds is 4. The van der Waals surface area contributed by atoms with Gasteiger partial charge in [0.25, 0.3) is 0 Å². The highest BCUT2D eigenvalue weighted by atomic mass is 32.2. The molecule has 1 atom stereocenters. The third-order valence-electron chi connectivity index (χ3n) is 3.98. The minimum absolute atomic E-state index is 0.0478. The van der Waals surface area contributed by atoms with Crippen LogP contribution >= 0.6 is 0 Å². The molecule has 24 heavy (non-hydrogen) atoms. The summed E-state index contributed by atoms with van der Waals surface area (Å²) in [5, 5.41) is 9.00. The lowest BCUT2D eigenvalue weighted by atomic mass is 9.93. The quantitative estimate of drug-likeness (QED) is 0.863. The van der Waals surface area contributed by atoms with Crippen molar-refractivity contribution in [1.82, 2.24) is 14.7 Å². The molecule has 1 unspecified atom stereocenters. The topological polar surface area (TPSA) is 109 Å². The van der Waals surface area contributed by atoms with Crippen LogP contribution in [0.1, 0.15) is 33.9 Å². The van der Waals surface area contributed by atoms with Crippen LogP contribution in [-0.4, -0.2) is 35.5 Å².